The van der Waals surface area contributed by atoms with Gasteiger partial charge in [-0.25, -0.2) is 23.0 Å². The second kappa shape index (κ2) is 14.0. The van der Waals surface area contributed by atoms with Gasteiger partial charge in [0.25, 0.3) is 10.0 Å². The molecule has 0 aliphatic heterocycles. The number of carbonyl (C=O) groups is 2. The first-order valence-electron chi connectivity index (χ1n) is 12.8. The number of aromatic nitrogens is 1. The van der Waals surface area contributed by atoms with Gasteiger partial charge >= 0.3 is 12.1 Å². The molecule has 0 radical (unpaired) electrons. The number of hydrogen-bond acceptors (Lipinski definition) is 10. The van der Waals surface area contributed by atoms with Gasteiger partial charge in [0.05, 0.1) is 30.4 Å². The molecule has 0 atom stereocenters. The molecule has 4 aromatic rings. The molecule has 1 heterocycles. The van der Waals surface area contributed by atoms with Gasteiger partial charge in [-0.15, -0.1) is 0 Å². The molecule has 0 aliphatic rings. The van der Waals surface area contributed by atoms with Crippen molar-refractivity contribution in [1.29, 1.82) is 0 Å². The first-order valence-corrected chi connectivity index (χ1v) is 14.3. The summed E-state index contributed by atoms with van der Waals surface area (Å²) in [5.41, 5.74) is 0.733. The second-order valence-electron chi connectivity index (χ2n) is 8.84. The van der Waals surface area contributed by atoms with Crippen LogP contribution in [0.2, 0.25) is 0 Å². The van der Waals surface area contributed by atoms with Crippen LogP contribution in [0, 0.1) is 6.92 Å². The number of pyridine rings is 1. The lowest BCUT2D eigenvalue weighted by Crippen LogP contribution is -2.19. The molecule has 43 heavy (non-hydrogen) atoms. The average molecular weight is 608 g/mol. The number of methoxy groups -OCH3 is 2. The Labute approximate surface area is 248 Å². The molecule has 0 saturated carbocycles. The van der Waals surface area contributed by atoms with Crippen LogP contribution in [0.3, 0.4) is 0 Å². The van der Waals surface area contributed by atoms with E-state index in [1.54, 1.807) is 54.6 Å². The highest BCUT2D eigenvalue weighted by Crippen LogP contribution is 2.43. The van der Waals surface area contributed by atoms with Gasteiger partial charge in [-0.3, -0.25) is 10.0 Å². The third-order valence-electron chi connectivity index (χ3n) is 5.80. The Morgan fingerprint density at radius 1 is 0.860 bits per heavy atom. The predicted molar refractivity (Wildman–Crippen MR) is 158 cm³/mol. The Hall–Kier alpha value is -5.30. The zero-order chi connectivity index (χ0) is 30.8. The highest BCUT2D eigenvalue weighted by Gasteiger charge is 2.24. The van der Waals surface area contributed by atoms with Gasteiger partial charge in [0.15, 0.2) is 23.0 Å². The first-order chi connectivity index (χ1) is 20.7. The number of anilines is 2. The largest absolute Gasteiger partial charge is 0.493 e. The molecule has 224 valence electrons. The molecule has 0 bridgehead atoms. The van der Waals surface area contributed by atoms with Crippen molar-refractivity contribution < 1.29 is 41.7 Å². The average Bonchev–Trinajstić information content (AvgIpc) is 3.00. The number of nitrogens with zero attached hydrogens (tertiary/aromatic N) is 1. The zero-order valence-corrected chi connectivity index (χ0v) is 24.3. The molecular weight excluding hydrogens is 578 g/mol. The number of carbonyl (C=O) groups excluding carboxylic acids is 2. The lowest BCUT2D eigenvalue weighted by molar-refractivity contribution is 0.0600. The molecular formula is C30H29N3O9S. The van der Waals surface area contributed by atoms with E-state index < -0.39 is 22.1 Å². The summed E-state index contributed by atoms with van der Waals surface area (Å²) in [6.07, 6.45) is 0.753. The summed E-state index contributed by atoms with van der Waals surface area (Å²) in [4.78, 5) is 28.7. The molecule has 12 nitrogen and oxygen atoms in total. The van der Waals surface area contributed by atoms with E-state index >= 15 is 0 Å². The van der Waals surface area contributed by atoms with Crippen molar-refractivity contribution in [2.75, 3.05) is 37.5 Å². The first kappa shape index (κ1) is 30.7. The van der Waals surface area contributed by atoms with Crippen LogP contribution in [0.1, 0.15) is 15.9 Å². The summed E-state index contributed by atoms with van der Waals surface area (Å²) in [6, 6.07) is 20.5. The number of esters is 1. The SMILES string of the molecule is COC(=O)c1cc(NS(=O)(=O)c2ccc(C)cc2)c(Oc2ccccc2OC)c(OCCOC(=O)Nc2ccccn2)c1. The minimum atomic E-state index is -4.15. The van der Waals surface area contributed by atoms with Crippen LogP contribution in [-0.2, 0) is 19.5 Å². The maximum absolute atomic E-state index is 13.4. The Bertz CT molecular complexity index is 1680. The number of benzene rings is 3. The fourth-order valence-electron chi connectivity index (χ4n) is 3.72. The van der Waals surface area contributed by atoms with Crippen LogP contribution in [0.15, 0.2) is 90.0 Å². The van der Waals surface area contributed by atoms with Crippen LogP contribution in [0.5, 0.6) is 23.0 Å². The van der Waals surface area contributed by atoms with E-state index in [9.17, 15) is 18.0 Å². The van der Waals surface area contributed by atoms with E-state index in [0.717, 1.165) is 5.56 Å². The standard InChI is InChI=1S/C30H29N3O9S/c1-20-11-13-22(14-12-20)43(36,37)33-23-18-21(29(34)39-3)19-26(28(23)42-25-9-5-4-8-24(25)38-2)40-16-17-41-30(35)32-27-10-6-7-15-31-27/h4-15,18-19,33H,16-17H2,1-3H3,(H,31,32,35). The van der Waals surface area contributed by atoms with Crippen molar-refractivity contribution in [2.24, 2.45) is 0 Å². The normalized spacial score (nSPS) is 10.8. The highest BCUT2D eigenvalue weighted by molar-refractivity contribution is 7.92. The quantitative estimate of drug-likeness (QED) is 0.158. The summed E-state index contributed by atoms with van der Waals surface area (Å²) < 4.78 is 56.6. The van der Waals surface area contributed by atoms with Crippen LogP contribution >= 0.6 is 0 Å². The maximum atomic E-state index is 13.4. The monoisotopic (exact) mass is 607 g/mol. The van der Waals surface area contributed by atoms with Crippen molar-refractivity contribution in [2.45, 2.75) is 11.8 Å². The maximum Gasteiger partial charge on any atom is 0.412 e. The van der Waals surface area contributed by atoms with Gasteiger partial charge in [-0.1, -0.05) is 35.9 Å². The lowest BCUT2D eigenvalue weighted by Gasteiger charge is -2.20. The van der Waals surface area contributed by atoms with E-state index in [0.29, 0.717) is 11.6 Å². The predicted octanol–water partition coefficient (Wildman–Crippen LogP) is 5.41. The Balaban J connectivity index is 1.67. The number of amides is 1. The van der Waals surface area contributed by atoms with E-state index in [1.165, 1.54) is 44.7 Å². The summed E-state index contributed by atoms with van der Waals surface area (Å²) in [5.74, 6) is 0.0254. The fraction of sp³-hybridized carbons (Fsp3) is 0.167. The minimum Gasteiger partial charge on any atom is -0.493 e. The number of rotatable bonds is 12. The van der Waals surface area contributed by atoms with Crippen molar-refractivity contribution >= 4 is 33.6 Å². The summed E-state index contributed by atoms with van der Waals surface area (Å²) in [7, 11) is -1.51. The summed E-state index contributed by atoms with van der Waals surface area (Å²) in [5, 5.41) is 2.48. The second-order valence-corrected chi connectivity index (χ2v) is 10.5. The lowest BCUT2D eigenvalue weighted by atomic mass is 10.1. The molecule has 0 unspecified atom stereocenters. The van der Waals surface area contributed by atoms with Crippen LogP contribution in [0.25, 0.3) is 0 Å². The van der Waals surface area contributed by atoms with Gasteiger partial charge in [-0.05, 0) is 55.5 Å². The van der Waals surface area contributed by atoms with Gasteiger partial charge in [-0.2, -0.15) is 0 Å². The molecule has 4 rings (SSSR count). The Morgan fingerprint density at radius 3 is 2.26 bits per heavy atom. The van der Waals surface area contributed by atoms with Crippen molar-refractivity contribution in [3.63, 3.8) is 0 Å². The fourth-order valence-corrected chi connectivity index (χ4v) is 4.78. The molecule has 13 heteroatoms. The van der Waals surface area contributed by atoms with Crippen LogP contribution in [0.4, 0.5) is 16.3 Å². The topological polar surface area (TPSA) is 151 Å². The molecule has 1 aromatic heterocycles. The molecule has 1 amide bonds. The third kappa shape index (κ3) is 8.14. The number of nitrogens with one attached hydrogen (secondary N) is 2. The third-order valence-corrected chi connectivity index (χ3v) is 7.18. The van der Waals surface area contributed by atoms with Crippen molar-refractivity contribution in [1.82, 2.24) is 4.98 Å². The van der Waals surface area contributed by atoms with Gasteiger partial charge in [0, 0.05) is 6.20 Å². The van der Waals surface area contributed by atoms with Gasteiger partial charge in [0.2, 0.25) is 0 Å². The highest BCUT2D eigenvalue weighted by atomic mass is 32.2. The van der Waals surface area contributed by atoms with Gasteiger partial charge < -0.3 is 23.7 Å². The van der Waals surface area contributed by atoms with E-state index in [1.807, 2.05) is 6.92 Å². The van der Waals surface area contributed by atoms with E-state index in [4.69, 9.17) is 23.7 Å². The number of aryl methyl sites for hydroxylation is 1. The Kier molecular flexibility index (Phi) is 10.0. The molecule has 0 saturated heterocycles. The molecule has 2 N–H and O–H groups in total. The summed E-state index contributed by atoms with van der Waals surface area (Å²) in [6.45, 7) is 1.44. The van der Waals surface area contributed by atoms with Crippen LogP contribution in [-0.4, -0.2) is 52.9 Å². The van der Waals surface area contributed by atoms with Gasteiger partial charge in [0.1, 0.15) is 19.0 Å². The smallest absolute Gasteiger partial charge is 0.412 e. The Morgan fingerprint density at radius 2 is 1.58 bits per heavy atom. The van der Waals surface area contributed by atoms with Crippen molar-refractivity contribution in [3.05, 3.63) is 96.2 Å². The number of sulfonamides is 1. The van der Waals surface area contributed by atoms with E-state index in [2.05, 4.69) is 15.0 Å². The molecule has 3 aromatic carbocycles. The number of ether oxygens (including phenoxy) is 5. The summed E-state index contributed by atoms with van der Waals surface area (Å²) >= 11 is 0. The molecule has 0 spiro atoms. The molecule has 0 fully saturated rings. The van der Waals surface area contributed by atoms with E-state index in [-0.39, 0.29) is 46.6 Å². The number of hydrogen-bond donors (Lipinski definition) is 2. The van der Waals surface area contributed by atoms with Crippen molar-refractivity contribution in [3.8, 4) is 23.0 Å². The number of para-hydroxylation sites is 2. The zero-order valence-electron chi connectivity index (χ0n) is 23.5. The minimum absolute atomic E-state index is 0.0143. The van der Waals surface area contributed by atoms with Crippen LogP contribution < -0.4 is 24.2 Å². The molecule has 0 aliphatic carbocycles.